The Kier molecular flexibility index (Phi) is 2.71. The normalized spacial score (nSPS) is 9.50. The molecule has 2 N–H and O–H groups in total. The number of rotatable bonds is 2. The molecule has 0 heterocycles. The zero-order valence-electron chi connectivity index (χ0n) is 7.35. The average molecular weight is 196 g/mol. The number of benzene rings is 1. The van der Waals surface area contributed by atoms with Gasteiger partial charge in [-0.3, -0.25) is 0 Å². The number of carboxylic acid groups (broad SMARTS) is 2. The summed E-state index contributed by atoms with van der Waals surface area (Å²) in [6.07, 6.45) is -1.53. The van der Waals surface area contributed by atoms with Crippen LogP contribution in [0.1, 0.15) is 15.9 Å². The van der Waals surface area contributed by atoms with Crippen molar-refractivity contribution in [1.29, 1.82) is 0 Å². The Hall–Kier alpha value is -2.04. The molecule has 0 aromatic heterocycles. The van der Waals surface area contributed by atoms with E-state index in [0.717, 1.165) is 5.56 Å². The van der Waals surface area contributed by atoms with Crippen LogP contribution in [-0.2, 0) is 0 Å². The van der Waals surface area contributed by atoms with Crippen molar-refractivity contribution in [3.8, 4) is 5.75 Å². The predicted octanol–water partition coefficient (Wildman–Crippen LogP) is 1.75. The molecule has 0 spiro atoms. The first-order chi connectivity index (χ1) is 6.50. The fraction of sp³-hybridized carbons (Fsp3) is 0.111. The molecule has 5 heteroatoms. The second-order valence-electron chi connectivity index (χ2n) is 2.67. The molecule has 14 heavy (non-hydrogen) atoms. The molecule has 0 radical (unpaired) electrons. The molecular formula is C9H8O5. The van der Waals surface area contributed by atoms with Gasteiger partial charge in [0.1, 0.15) is 11.3 Å². The van der Waals surface area contributed by atoms with Gasteiger partial charge in [0.25, 0.3) is 0 Å². The summed E-state index contributed by atoms with van der Waals surface area (Å²) >= 11 is 0. The van der Waals surface area contributed by atoms with E-state index in [-0.39, 0.29) is 11.3 Å². The molecule has 1 aromatic rings. The van der Waals surface area contributed by atoms with E-state index in [0.29, 0.717) is 0 Å². The van der Waals surface area contributed by atoms with Crippen molar-refractivity contribution >= 4 is 12.1 Å². The third kappa shape index (κ3) is 2.22. The number of aryl methyl sites for hydroxylation is 1. The molecule has 0 unspecified atom stereocenters. The lowest BCUT2D eigenvalue weighted by Gasteiger charge is -2.04. The monoisotopic (exact) mass is 196 g/mol. The lowest BCUT2D eigenvalue weighted by molar-refractivity contribution is 0.0693. The Balaban J connectivity index is 3.14. The molecule has 0 fully saturated rings. The van der Waals surface area contributed by atoms with Crippen LogP contribution in [0.25, 0.3) is 0 Å². The maximum atomic E-state index is 10.7. The Morgan fingerprint density at radius 1 is 1.29 bits per heavy atom. The van der Waals surface area contributed by atoms with Crippen molar-refractivity contribution in [2.75, 3.05) is 0 Å². The number of hydrogen-bond donors (Lipinski definition) is 2. The maximum Gasteiger partial charge on any atom is 0.511 e. The van der Waals surface area contributed by atoms with E-state index in [1.165, 1.54) is 12.1 Å². The number of hydrogen-bond acceptors (Lipinski definition) is 3. The van der Waals surface area contributed by atoms with Crippen LogP contribution < -0.4 is 4.74 Å². The van der Waals surface area contributed by atoms with Gasteiger partial charge in [0.15, 0.2) is 0 Å². The van der Waals surface area contributed by atoms with Gasteiger partial charge < -0.3 is 14.9 Å². The van der Waals surface area contributed by atoms with Gasteiger partial charge >= 0.3 is 12.1 Å². The van der Waals surface area contributed by atoms with Crippen LogP contribution in [0.4, 0.5) is 4.79 Å². The van der Waals surface area contributed by atoms with Gasteiger partial charge in [0.05, 0.1) is 0 Å². The predicted molar refractivity (Wildman–Crippen MR) is 46.8 cm³/mol. The Labute approximate surface area is 79.6 Å². The minimum atomic E-state index is -1.53. The van der Waals surface area contributed by atoms with E-state index in [2.05, 4.69) is 4.74 Å². The molecule has 1 rings (SSSR count). The van der Waals surface area contributed by atoms with Gasteiger partial charge in [-0.2, -0.15) is 0 Å². The molecule has 0 amide bonds. The minimum absolute atomic E-state index is 0.160. The third-order valence-corrected chi connectivity index (χ3v) is 1.56. The fourth-order valence-corrected chi connectivity index (χ4v) is 0.994. The largest absolute Gasteiger partial charge is 0.511 e. The van der Waals surface area contributed by atoms with E-state index in [4.69, 9.17) is 10.2 Å². The molecule has 0 saturated heterocycles. The Morgan fingerprint density at radius 3 is 2.43 bits per heavy atom. The van der Waals surface area contributed by atoms with Crippen LogP contribution in [0.3, 0.4) is 0 Å². The minimum Gasteiger partial charge on any atom is -0.478 e. The van der Waals surface area contributed by atoms with Crippen molar-refractivity contribution in [3.63, 3.8) is 0 Å². The highest BCUT2D eigenvalue weighted by Crippen LogP contribution is 2.19. The summed E-state index contributed by atoms with van der Waals surface area (Å²) in [6.45, 7) is 1.71. The van der Waals surface area contributed by atoms with Crippen LogP contribution in [0.2, 0.25) is 0 Å². The topological polar surface area (TPSA) is 83.8 Å². The van der Waals surface area contributed by atoms with Gasteiger partial charge in [-0.15, -0.1) is 0 Å². The molecule has 74 valence electrons. The Bertz CT molecular complexity index is 383. The fourth-order valence-electron chi connectivity index (χ4n) is 0.994. The number of carboxylic acids is 1. The van der Waals surface area contributed by atoms with Crippen LogP contribution in [0, 0.1) is 6.92 Å². The van der Waals surface area contributed by atoms with E-state index in [1.807, 2.05) is 0 Å². The van der Waals surface area contributed by atoms with Gasteiger partial charge in [-0.1, -0.05) is 11.6 Å². The number of carbonyl (C=O) groups is 2. The molecular weight excluding hydrogens is 188 g/mol. The summed E-state index contributed by atoms with van der Waals surface area (Å²) in [4.78, 5) is 20.9. The van der Waals surface area contributed by atoms with Crippen molar-refractivity contribution in [2.24, 2.45) is 0 Å². The van der Waals surface area contributed by atoms with Gasteiger partial charge in [-0.25, -0.2) is 9.59 Å². The number of ether oxygens (including phenoxy) is 1. The standard InChI is InChI=1S/C9H8O5/c1-5-2-3-7(14-9(12)13)6(4-5)8(10)11/h2-4H,1H3,(H,10,11)(H,12,13). The van der Waals surface area contributed by atoms with Crippen molar-refractivity contribution in [1.82, 2.24) is 0 Å². The zero-order valence-corrected chi connectivity index (χ0v) is 7.35. The zero-order chi connectivity index (χ0) is 10.7. The first-order valence-electron chi connectivity index (χ1n) is 3.75. The highest BCUT2D eigenvalue weighted by Gasteiger charge is 2.13. The van der Waals surface area contributed by atoms with Gasteiger partial charge in [-0.05, 0) is 19.1 Å². The lowest BCUT2D eigenvalue weighted by atomic mass is 10.1. The number of aromatic carboxylic acids is 1. The molecule has 0 atom stereocenters. The van der Waals surface area contributed by atoms with Crippen LogP contribution in [0.15, 0.2) is 18.2 Å². The first-order valence-corrected chi connectivity index (χ1v) is 3.75. The third-order valence-electron chi connectivity index (χ3n) is 1.56. The van der Waals surface area contributed by atoms with Crippen molar-refractivity contribution in [2.45, 2.75) is 6.92 Å². The quantitative estimate of drug-likeness (QED) is 0.556. The Morgan fingerprint density at radius 2 is 1.93 bits per heavy atom. The summed E-state index contributed by atoms with van der Waals surface area (Å²) in [7, 11) is 0. The van der Waals surface area contributed by atoms with E-state index in [9.17, 15) is 9.59 Å². The summed E-state index contributed by atoms with van der Waals surface area (Å²) < 4.78 is 4.30. The second-order valence-corrected chi connectivity index (χ2v) is 2.67. The molecule has 0 aliphatic rings. The van der Waals surface area contributed by atoms with Crippen LogP contribution >= 0.6 is 0 Å². The van der Waals surface area contributed by atoms with Crippen molar-refractivity contribution < 1.29 is 24.5 Å². The first kappa shape index (κ1) is 10.0. The highest BCUT2D eigenvalue weighted by atomic mass is 16.7. The molecule has 0 aliphatic heterocycles. The molecule has 0 saturated carbocycles. The van der Waals surface area contributed by atoms with E-state index < -0.39 is 12.1 Å². The molecule has 0 aliphatic carbocycles. The van der Waals surface area contributed by atoms with Gasteiger partial charge in [0.2, 0.25) is 0 Å². The van der Waals surface area contributed by atoms with Crippen LogP contribution in [-0.4, -0.2) is 22.3 Å². The lowest BCUT2D eigenvalue weighted by Crippen LogP contribution is -2.08. The highest BCUT2D eigenvalue weighted by molar-refractivity contribution is 5.91. The van der Waals surface area contributed by atoms with Crippen molar-refractivity contribution in [3.05, 3.63) is 29.3 Å². The van der Waals surface area contributed by atoms with E-state index >= 15 is 0 Å². The van der Waals surface area contributed by atoms with Gasteiger partial charge in [0, 0.05) is 0 Å². The maximum absolute atomic E-state index is 10.7. The SMILES string of the molecule is Cc1ccc(OC(=O)O)c(C(=O)O)c1. The summed E-state index contributed by atoms with van der Waals surface area (Å²) in [6, 6.07) is 4.23. The molecule has 0 bridgehead atoms. The second kappa shape index (κ2) is 3.78. The summed E-state index contributed by atoms with van der Waals surface area (Å²) in [5.74, 6) is -1.39. The summed E-state index contributed by atoms with van der Waals surface area (Å²) in [5.41, 5.74) is 0.563. The smallest absolute Gasteiger partial charge is 0.478 e. The van der Waals surface area contributed by atoms with Crippen LogP contribution in [0.5, 0.6) is 5.75 Å². The average Bonchev–Trinajstić information content (AvgIpc) is 2.07. The molecule has 5 nitrogen and oxygen atoms in total. The van der Waals surface area contributed by atoms with E-state index in [1.54, 1.807) is 13.0 Å². The molecule has 1 aromatic carbocycles. The summed E-state index contributed by atoms with van der Waals surface area (Å²) in [5, 5.41) is 17.1.